The van der Waals surface area contributed by atoms with Crippen LogP contribution in [0.15, 0.2) is 46.8 Å². The summed E-state index contributed by atoms with van der Waals surface area (Å²) in [5.74, 6) is -0.977. The van der Waals surface area contributed by atoms with E-state index in [1.54, 1.807) is 24.1 Å². The highest BCUT2D eigenvalue weighted by Crippen LogP contribution is 2.39. The number of aromatic nitrogens is 2. The number of aromatic hydroxyl groups is 1. The maximum atomic E-state index is 13.2. The number of hydrogen-bond donors (Lipinski definition) is 2. The van der Waals surface area contributed by atoms with E-state index in [2.05, 4.69) is 15.3 Å². The lowest BCUT2D eigenvalue weighted by molar-refractivity contribution is 0.0723. The van der Waals surface area contributed by atoms with E-state index in [4.69, 9.17) is 5.73 Å². The van der Waals surface area contributed by atoms with Gasteiger partial charge in [0.2, 0.25) is 0 Å². The summed E-state index contributed by atoms with van der Waals surface area (Å²) in [6, 6.07) is 8.98. The van der Waals surface area contributed by atoms with Crippen LogP contribution in [0, 0.1) is 0 Å². The number of nitrogens with two attached hydrogens (primary N) is 1. The Kier molecular flexibility index (Phi) is 5.18. The van der Waals surface area contributed by atoms with E-state index in [-0.39, 0.29) is 34.3 Å². The highest BCUT2D eigenvalue weighted by Gasteiger charge is 2.25. The number of phenols is 1. The molecule has 9 nitrogen and oxygen atoms in total. The first-order valence-corrected chi connectivity index (χ1v) is 9.75. The zero-order valence-electron chi connectivity index (χ0n) is 16.6. The number of rotatable bonds is 4. The number of nitrogens with zero attached hydrogens (tertiary/aromatic N) is 5. The summed E-state index contributed by atoms with van der Waals surface area (Å²) < 4.78 is 1.36. The van der Waals surface area contributed by atoms with Gasteiger partial charge < -0.3 is 15.7 Å². The minimum Gasteiger partial charge on any atom is -0.505 e. The first-order chi connectivity index (χ1) is 14.5. The number of primary amides is 1. The molecule has 3 aromatic rings. The molecule has 1 fully saturated rings. The van der Waals surface area contributed by atoms with Crippen molar-refractivity contribution in [3.8, 4) is 5.75 Å². The zero-order valence-corrected chi connectivity index (χ0v) is 16.6. The molecule has 0 spiro atoms. The van der Waals surface area contributed by atoms with Crippen molar-refractivity contribution in [2.24, 2.45) is 23.0 Å². The van der Waals surface area contributed by atoms with E-state index in [1.165, 1.54) is 10.9 Å². The summed E-state index contributed by atoms with van der Waals surface area (Å²) in [5.41, 5.74) is 5.81. The molecule has 1 aliphatic heterocycles. The van der Waals surface area contributed by atoms with Crippen LogP contribution in [-0.4, -0.2) is 44.7 Å². The van der Waals surface area contributed by atoms with Gasteiger partial charge in [-0.15, -0.1) is 10.2 Å². The second-order valence-corrected chi connectivity index (χ2v) is 7.26. The number of phenolic OH excluding ortho intramolecular Hbond substituents is 1. The van der Waals surface area contributed by atoms with Crippen molar-refractivity contribution in [1.29, 1.82) is 0 Å². The highest BCUT2D eigenvalue weighted by atomic mass is 16.3. The van der Waals surface area contributed by atoms with Gasteiger partial charge in [-0.3, -0.25) is 9.59 Å². The molecule has 4 rings (SSSR count). The maximum absolute atomic E-state index is 13.2. The Balaban J connectivity index is 1.82. The summed E-state index contributed by atoms with van der Waals surface area (Å²) in [4.78, 5) is 26.6. The molecule has 0 radical (unpaired) electrons. The molecule has 154 valence electrons. The number of carbonyl (C=O) groups is 2. The van der Waals surface area contributed by atoms with Crippen LogP contribution < -0.4 is 5.73 Å². The predicted octanol–water partition coefficient (Wildman–Crippen LogP) is 3.42. The van der Waals surface area contributed by atoms with Crippen LogP contribution >= 0.6 is 0 Å². The van der Waals surface area contributed by atoms with E-state index in [0.717, 1.165) is 24.6 Å². The smallest absolute Gasteiger partial charge is 0.258 e. The summed E-state index contributed by atoms with van der Waals surface area (Å²) in [6.07, 6.45) is 4.29. The molecule has 1 aliphatic rings. The fourth-order valence-corrected chi connectivity index (χ4v) is 3.69. The average Bonchev–Trinajstić information content (AvgIpc) is 3.13. The minimum atomic E-state index is -0.680. The number of carbonyl (C=O) groups excluding carboxylic acids is 2. The second kappa shape index (κ2) is 7.94. The zero-order chi connectivity index (χ0) is 21.3. The number of amides is 2. The van der Waals surface area contributed by atoms with Gasteiger partial charge in [-0.05, 0) is 36.1 Å². The summed E-state index contributed by atoms with van der Waals surface area (Å²) >= 11 is 0. The summed E-state index contributed by atoms with van der Waals surface area (Å²) in [5, 5.41) is 24.5. The van der Waals surface area contributed by atoms with Crippen molar-refractivity contribution in [3.63, 3.8) is 0 Å². The van der Waals surface area contributed by atoms with Gasteiger partial charge in [0.1, 0.15) is 11.3 Å². The van der Waals surface area contributed by atoms with Gasteiger partial charge in [-0.2, -0.15) is 5.10 Å². The third-order valence-corrected chi connectivity index (χ3v) is 5.28. The van der Waals surface area contributed by atoms with Gasteiger partial charge in [-0.25, -0.2) is 4.68 Å². The van der Waals surface area contributed by atoms with E-state index in [0.29, 0.717) is 18.5 Å². The van der Waals surface area contributed by atoms with Gasteiger partial charge in [0, 0.05) is 20.1 Å². The normalized spacial score (nSPS) is 14.5. The van der Waals surface area contributed by atoms with Crippen molar-refractivity contribution in [2.75, 3.05) is 13.1 Å². The van der Waals surface area contributed by atoms with Crippen molar-refractivity contribution in [3.05, 3.63) is 47.7 Å². The van der Waals surface area contributed by atoms with E-state index >= 15 is 0 Å². The van der Waals surface area contributed by atoms with Crippen LogP contribution in [0.3, 0.4) is 0 Å². The van der Waals surface area contributed by atoms with Crippen LogP contribution in [0.2, 0.25) is 0 Å². The number of hydrogen-bond acceptors (Lipinski definition) is 6. The minimum absolute atomic E-state index is 0.117. The number of aryl methyl sites for hydroxylation is 1. The lowest BCUT2D eigenvalue weighted by Crippen LogP contribution is -2.35. The molecular weight excluding hydrogens is 384 g/mol. The molecule has 9 heteroatoms. The van der Waals surface area contributed by atoms with Crippen LogP contribution in [0.5, 0.6) is 5.75 Å². The summed E-state index contributed by atoms with van der Waals surface area (Å²) in [7, 11) is 1.60. The molecule has 1 aromatic heterocycles. The van der Waals surface area contributed by atoms with Gasteiger partial charge in [-0.1, -0.05) is 24.3 Å². The van der Waals surface area contributed by atoms with Crippen LogP contribution in [0.1, 0.15) is 40.0 Å². The van der Waals surface area contributed by atoms with Gasteiger partial charge in [0.15, 0.2) is 11.6 Å². The van der Waals surface area contributed by atoms with E-state index < -0.39 is 5.91 Å². The molecule has 2 heterocycles. The third-order valence-electron chi connectivity index (χ3n) is 5.28. The molecule has 0 saturated carbocycles. The number of benzene rings is 2. The molecule has 0 aliphatic carbocycles. The molecule has 1 saturated heterocycles. The molecule has 0 atom stereocenters. The topological polar surface area (TPSA) is 126 Å². The van der Waals surface area contributed by atoms with Crippen molar-refractivity contribution < 1.29 is 14.7 Å². The number of likely N-dealkylation sites (tertiary alicyclic amines) is 1. The quantitative estimate of drug-likeness (QED) is 0.644. The molecule has 0 unspecified atom stereocenters. The molecule has 3 N–H and O–H groups in total. The van der Waals surface area contributed by atoms with E-state index in [1.807, 2.05) is 18.2 Å². The van der Waals surface area contributed by atoms with Gasteiger partial charge >= 0.3 is 0 Å². The molecule has 30 heavy (non-hydrogen) atoms. The van der Waals surface area contributed by atoms with Crippen molar-refractivity contribution in [1.82, 2.24) is 14.7 Å². The Morgan fingerprint density at radius 3 is 2.60 bits per heavy atom. The van der Waals surface area contributed by atoms with Crippen LogP contribution in [0.25, 0.3) is 10.8 Å². The fraction of sp³-hybridized carbons (Fsp3) is 0.286. The molecule has 2 aromatic carbocycles. The predicted molar refractivity (Wildman–Crippen MR) is 111 cm³/mol. The Morgan fingerprint density at radius 2 is 1.87 bits per heavy atom. The summed E-state index contributed by atoms with van der Waals surface area (Å²) in [6.45, 7) is 1.32. The van der Waals surface area contributed by atoms with Crippen LogP contribution in [-0.2, 0) is 7.05 Å². The number of azo groups is 1. The lowest BCUT2D eigenvalue weighted by Gasteiger charge is -2.27. The first-order valence-electron chi connectivity index (χ1n) is 9.75. The number of fused-ring (bicyclic) bond motifs is 1. The Morgan fingerprint density at radius 1 is 1.13 bits per heavy atom. The average molecular weight is 406 g/mol. The Labute approximate surface area is 172 Å². The molecule has 0 bridgehead atoms. The first kappa shape index (κ1) is 19.6. The third kappa shape index (κ3) is 3.49. The maximum Gasteiger partial charge on any atom is 0.258 e. The molecular formula is C21H22N6O3. The van der Waals surface area contributed by atoms with Crippen molar-refractivity contribution in [2.45, 2.75) is 19.3 Å². The Bertz CT molecular complexity index is 1160. The standard InChI is InChI=1S/C21H22N6O3/c1-26-20(15(12-23-26)19(22)29)25-24-16-11-13-7-3-4-8-14(13)17(18(16)28)21(30)27-9-5-2-6-10-27/h3-4,7-8,11-12,28H,2,5-6,9-10H2,1H3,(H2,22,29)/b25-24+. The Hall–Kier alpha value is -3.75. The second-order valence-electron chi connectivity index (χ2n) is 7.26. The van der Waals surface area contributed by atoms with E-state index in [9.17, 15) is 14.7 Å². The monoisotopic (exact) mass is 406 g/mol. The van der Waals surface area contributed by atoms with Crippen LogP contribution in [0.4, 0.5) is 11.5 Å². The highest BCUT2D eigenvalue weighted by molar-refractivity contribution is 6.11. The van der Waals surface area contributed by atoms with Gasteiger partial charge in [0.05, 0.1) is 11.8 Å². The largest absolute Gasteiger partial charge is 0.505 e. The number of piperidine rings is 1. The van der Waals surface area contributed by atoms with Crippen molar-refractivity contribution >= 4 is 34.1 Å². The molecule has 2 amide bonds. The SMILES string of the molecule is Cn1ncc(C(N)=O)c1/N=N/c1cc2ccccc2c(C(=O)N2CCCCC2)c1O. The van der Waals surface area contributed by atoms with Gasteiger partial charge in [0.25, 0.3) is 11.8 Å². The fourth-order valence-electron chi connectivity index (χ4n) is 3.69. The lowest BCUT2D eigenvalue weighted by atomic mass is 10.00.